The molecule has 0 aliphatic carbocycles. The summed E-state index contributed by atoms with van der Waals surface area (Å²) in [6.45, 7) is 9.35. The number of sulfonamides is 1. The maximum absolute atomic E-state index is 13.0. The van der Waals surface area contributed by atoms with Crippen molar-refractivity contribution in [2.24, 2.45) is 0 Å². The van der Waals surface area contributed by atoms with E-state index in [0.717, 1.165) is 11.1 Å². The van der Waals surface area contributed by atoms with Gasteiger partial charge in [-0.05, 0) is 56.2 Å². The number of methoxy groups -OCH3 is 1. The van der Waals surface area contributed by atoms with E-state index in [1.54, 1.807) is 26.0 Å². The van der Waals surface area contributed by atoms with E-state index in [2.05, 4.69) is 0 Å². The van der Waals surface area contributed by atoms with E-state index in [9.17, 15) is 18.0 Å². The van der Waals surface area contributed by atoms with Gasteiger partial charge in [0.2, 0.25) is 15.8 Å². The van der Waals surface area contributed by atoms with Gasteiger partial charge in [0.1, 0.15) is 10.6 Å². The molecule has 0 N–H and O–H groups in total. The Morgan fingerprint density at radius 1 is 0.968 bits per heavy atom. The molecule has 0 saturated heterocycles. The first-order valence-corrected chi connectivity index (χ1v) is 11.5. The first-order valence-electron chi connectivity index (χ1n) is 10.1. The van der Waals surface area contributed by atoms with E-state index < -0.39 is 22.1 Å². The molecule has 31 heavy (non-hydrogen) atoms. The van der Waals surface area contributed by atoms with Gasteiger partial charge in [0.25, 0.3) is 0 Å². The minimum Gasteiger partial charge on any atom is -0.495 e. The van der Waals surface area contributed by atoms with E-state index in [-0.39, 0.29) is 35.1 Å². The molecular weight excluding hydrogens is 418 g/mol. The number of hydrogen-bond acceptors (Lipinski definition) is 6. The predicted octanol–water partition coefficient (Wildman–Crippen LogP) is 3.77. The Hall–Kier alpha value is -2.71. The fourth-order valence-electron chi connectivity index (χ4n) is 3.12. The van der Waals surface area contributed by atoms with Gasteiger partial charge in [0.05, 0.1) is 12.7 Å². The minimum atomic E-state index is -3.86. The van der Waals surface area contributed by atoms with Crippen LogP contribution in [0.3, 0.4) is 0 Å². The maximum atomic E-state index is 13.0. The average Bonchev–Trinajstić information content (AvgIpc) is 2.75. The predicted molar refractivity (Wildman–Crippen MR) is 118 cm³/mol. The average molecular weight is 448 g/mol. The van der Waals surface area contributed by atoms with Crippen LogP contribution in [0, 0.1) is 13.8 Å². The number of nitrogens with zero attached hydrogens (tertiary/aromatic N) is 1. The zero-order valence-electron chi connectivity index (χ0n) is 18.8. The van der Waals surface area contributed by atoms with Gasteiger partial charge in [-0.1, -0.05) is 26.0 Å². The molecule has 0 aromatic heterocycles. The standard InChI is InChI=1S/C23H29NO6S/c1-7-24(8-2)31(27,28)21-14-19(11-12-20(21)29-6)23(26)30-17(5)22(25)18-10-9-15(3)16(4)13-18/h9-14,17H,7-8H2,1-6H3/t17-/m1/s1. The van der Waals surface area contributed by atoms with Crippen molar-refractivity contribution < 1.29 is 27.5 Å². The third-order valence-corrected chi connectivity index (χ3v) is 7.24. The fraction of sp³-hybridized carbons (Fsp3) is 0.391. The Bertz CT molecular complexity index is 1070. The number of Topliss-reactive ketones (excluding diaryl/α,β-unsaturated/α-hetero) is 1. The highest BCUT2D eigenvalue weighted by Crippen LogP contribution is 2.28. The van der Waals surface area contributed by atoms with Crippen molar-refractivity contribution in [1.29, 1.82) is 0 Å². The first kappa shape index (κ1) is 24.6. The van der Waals surface area contributed by atoms with Crippen molar-refractivity contribution >= 4 is 21.8 Å². The normalized spacial score (nSPS) is 12.5. The number of ketones is 1. The van der Waals surface area contributed by atoms with E-state index in [4.69, 9.17) is 9.47 Å². The summed E-state index contributed by atoms with van der Waals surface area (Å²) in [6.07, 6.45) is -1.03. The lowest BCUT2D eigenvalue weighted by molar-refractivity contribution is 0.0318. The van der Waals surface area contributed by atoms with E-state index in [0.29, 0.717) is 5.56 Å². The van der Waals surface area contributed by atoms with Gasteiger partial charge >= 0.3 is 5.97 Å². The van der Waals surface area contributed by atoms with Crippen LogP contribution in [-0.2, 0) is 14.8 Å². The van der Waals surface area contributed by atoms with Crippen LogP contribution in [0.5, 0.6) is 5.75 Å². The lowest BCUT2D eigenvalue weighted by atomic mass is 10.0. The molecule has 7 nitrogen and oxygen atoms in total. The highest BCUT2D eigenvalue weighted by atomic mass is 32.2. The molecule has 2 rings (SSSR count). The second kappa shape index (κ2) is 10.1. The molecule has 1 atom stereocenters. The molecule has 0 aliphatic heterocycles. The quantitative estimate of drug-likeness (QED) is 0.429. The Kier molecular flexibility index (Phi) is 7.97. The van der Waals surface area contributed by atoms with E-state index >= 15 is 0 Å². The van der Waals surface area contributed by atoms with Gasteiger partial charge in [-0.3, -0.25) is 4.79 Å². The van der Waals surface area contributed by atoms with Gasteiger partial charge in [-0.25, -0.2) is 13.2 Å². The van der Waals surface area contributed by atoms with Gasteiger partial charge in [-0.2, -0.15) is 4.31 Å². The first-order chi connectivity index (χ1) is 14.6. The number of ether oxygens (including phenoxy) is 2. The number of benzene rings is 2. The molecule has 0 saturated carbocycles. The van der Waals surface area contributed by atoms with Crippen LogP contribution in [0.15, 0.2) is 41.3 Å². The molecule has 0 bridgehead atoms. The summed E-state index contributed by atoms with van der Waals surface area (Å²) in [5, 5.41) is 0. The minimum absolute atomic E-state index is 0.0197. The SMILES string of the molecule is CCN(CC)S(=O)(=O)c1cc(C(=O)O[C@H](C)C(=O)c2ccc(C)c(C)c2)ccc1OC. The highest BCUT2D eigenvalue weighted by Gasteiger charge is 2.28. The third kappa shape index (κ3) is 5.32. The lowest BCUT2D eigenvalue weighted by Crippen LogP contribution is -2.31. The Labute approximate surface area is 184 Å². The largest absolute Gasteiger partial charge is 0.495 e. The van der Waals surface area contributed by atoms with E-state index in [1.165, 1.54) is 36.5 Å². The molecule has 0 unspecified atom stereocenters. The zero-order valence-corrected chi connectivity index (χ0v) is 19.6. The summed E-state index contributed by atoms with van der Waals surface area (Å²) < 4.78 is 37.7. The fourth-order valence-corrected chi connectivity index (χ4v) is 4.76. The Morgan fingerprint density at radius 2 is 1.58 bits per heavy atom. The smallest absolute Gasteiger partial charge is 0.338 e. The monoisotopic (exact) mass is 447 g/mol. The van der Waals surface area contributed by atoms with Crippen LogP contribution in [0.1, 0.15) is 52.6 Å². The lowest BCUT2D eigenvalue weighted by Gasteiger charge is -2.20. The number of carbonyl (C=O) groups is 2. The van der Waals surface area contributed by atoms with E-state index in [1.807, 2.05) is 19.9 Å². The molecule has 0 amide bonds. The molecule has 0 radical (unpaired) electrons. The number of aryl methyl sites for hydroxylation is 2. The Balaban J connectivity index is 2.31. The second-order valence-corrected chi connectivity index (χ2v) is 9.07. The number of rotatable bonds is 9. The van der Waals surface area contributed by atoms with Crippen LogP contribution in [-0.4, -0.2) is 50.8 Å². The molecule has 0 aliphatic rings. The van der Waals surface area contributed by atoms with Crippen molar-refractivity contribution in [3.8, 4) is 5.75 Å². The highest BCUT2D eigenvalue weighted by molar-refractivity contribution is 7.89. The molecule has 2 aromatic rings. The van der Waals surface area contributed by atoms with Gasteiger partial charge in [-0.15, -0.1) is 0 Å². The van der Waals surface area contributed by atoms with Crippen LogP contribution in [0.4, 0.5) is 0 Å². The molecule has 2 aromatic carbocycles. The molecule has 0 fully saturated rings. The van der Waals surface area contributed by atoms with Crippen molar-refractivity contribution in [2.45, 2.75) is 45.6 Å². The van der Waals surface area contributed by atoms with Crippen LogP contribution >= 0.6 is 0 Å². The van der Waals surface area contributed by atoms with Crippen LogP contribution < -0.4 is 4.74 Å². The van der Waals surface area contributed by atoms with Crippen molar-refractivity contribution in [2.75, 3.05) is 20.2 Å². The zero-order chi connectivity index (χ0) is 23.3. The second-order valence-electron chi connectivity index (χ2n) is 7.17. The summed E-state index contributed by atoms with van der Waals surface area (Å²) >= 11 is 0. The number of carbonyl (C=O) groups excluding carboxylic acids is 2. The topological polar surface area (TPSA) is 90.0 Å². The molecule has 8 heteroatoms. The summed E-state index contributed by atoms with van der Waals surface area (Å²) in [7, 11) is -2.50. The van der Waals surface area contributed by atoms with Gasteiger partial charge < -0.3 is 9.47 Å². The molecule has 0 spiro atoms. The molecule has 0 heterocycles. The summed E-state index contributed by atoms with van der Waals surface area (Å²) in [5.74, 6) is -0.994. The van der Waals surface area contributed by atoms with Gasteiger partial charge in [0.15, 0.2) is 6.10 Å². The third-order valence-electron chi connectivity index (χ3n) is 5.17. The van der Waals surface area contributed by atoms with Crippen LogP contribution in [0.25, 0.3) is 0 Å². The Morgan fingerprint density at radius 3 is 2.13 bits per heavy atom. The summed E-state index contributed by atoms with van der Waals surface area (Å²) in [4.78, 5) is 25.2. The molecular formula is C23H29NO6S. The summed E-state index contributed by atoms with van der Waals surface area (Å²) in [5.41, 5.74) is 2.49. The molecule has 168 valence electrons. The van der Waals surface area contributed by atoms with Gasteiger partial charge in [0, 0.05) is 18.7 Å². The number of esters is 1. The van der Waals surface area contributed by atoms with Crippen LogP contribution in [0.2, 0.25) is 0 Å². The number of hydrogen-bond donors (Lipinski definition) is 0. The van der Waals surface area contributed by atoms with Crippen molar-refractivity contribution in [3.05, 3.63) is 58.7 Å². The van der Waals surface area contributed by atoms with Crippen molar-refractivity contribution in [3.63, 3.8) is 0 Å². The maximum Gasteiger partial charge on any atom is 0.338 e. The van der Waals surface area contributed by atoms with Crippen molar-refractivity contribution in [1.82, 2.24) is 4.31 Å². The summed E-state index contributed by atoms with van der Waals surface area (Å²) in [6, 6.07) is 9.33.